The molecule has 0 aliphatic heterocycles. The molecule has 0 aliphatic carbocycles. The van der Waals surface area contributed by atoms with Crippen molar-refractivity contribution < 1.29 is 58.7 Å². The van der Waals surface area contributed by atoms with Crippen LogP contribution in [0.25, 0.3) is 0 Å². The monoisotopic (exact) mass is 564 g/mol. The summed E-state index contributed by atoms with van der Waals surface area (Å²) in [5.41, 5.74) is -3.69. The van der Waals surface area contributed by atoms with E-state index in [1.165, 1.54) is 38.1 Å². The van der Waals surface area contributed by atoms with Gasteiger partial charge in [-0.15, -0.1) is 0 Å². The molecule has 0 saturated carbocycles. The highest BCUT2D eigenvalue weighted by atomic mass is 16.6. The van der Waals surface area contributed by atoms with Gasteiger partial charge in [0.05, 0.1) is 22.3 Å². The number of rotatable bonds is 12. The van der Waals surface area contributed by atoms with Gasteiger partial charge in [0.15, 0.2) is 11.6 Å². The van der Waals surface area contributed by atoms with Gasteiger partial charge in [0, 0.05) is 16.7 Å². The topological polar surface area (TPSA) is 202 Å². The first-order valence-electron chi connectivity index (χ1n) is 11.9. The zero-order chi connectivity index (χ0) is 30.5. The van der Waals surface area contributed by atoms with Crippen LogP contribution in [0.2, 0.25) is 0 Å². The second-order valence-electron chi connectivity index (χ2n) is 9.16. The average molecular weight is 564 g/mol. The predicted octanol–water partition coefficient (Wildman–Crippen LogP) is 3.20. The van der Waals surface area contributed by atoms with E-state index in [4.69, 9.17) is 14.6 Å². The zero-order valence-corrected chi connectivity index (χ0v) is 21.7. The number of carbonyl (C=O) groups is 6. The summed E-state index contributed by atoms with van der Waals surface area (Å²) < 4.78 is 10.5. The molecule has 0 unspecified atom stereocenters. The summed E-state index contributed by atoms with van der Waals surface area (Å²) in [4.78, 5) is 72.0. The van der Waals surface area contributed by atoms with E-state index in [1.807, 2.05) is 0 Å². The molecule has 0 aromatic heterocycles. The number of Topliss-reactive ketones (excluding diaryl/α,β-unsaturated/α-hetero) is 1. The van der Waals surface area contributed by atoms with Gasteiger partial charge >= 0.3 is 23.9 Å². The minimum atomic E-state index is -1.57. The fourth-order valence-corrected chi connectivity index (χ4v) is 3.68. The molecule has 4 N–H and O–H groups in total. The van der Waals surface area contributed by atoms with Crippen molar-refractivity contribution in [3.63, 3.8) is 0 Å². The molecule has 212 valence electrons. The number of benzene rings is 3. The van der Waals surface area contributed by atoms with E-state index in [9.17, 15) is 44.1 Å². The van der Waals surface area contributed by atoms with Crippen LogP contribution in [0.4, 0.5) is 0 Å². The van der Waals surface area contributed by atoms with Crippen LogP contribution in [0.3, 0.4) is 0 Å². The van der Waals surface area contributed by atoms with Crippen molar-refractivity contribution in [2.24, 2.45) is 0 Å². The first-order chi connectivity index (χ1) is 19.2. The molecule has 0 atom stereocenters. The molecule has 0 heterocycles. The molecule has 0 aliphatic rings. The van der Waals surface area contributed by atoms with Crippen LogP contribution in [0.15, 0.2) is 60.7 Å². The molecule has 3 aromatic carbocycles. The molecular formula is C29H24O12. The Morgan fingerprint density at radius 3 is 1.59 bits per heavy atom. The van der Waals surface area contributed by atoms with E-state index in [-0.39, 0.29) is 35.5 Å². The molecule has 0 spiro atoms. The van der Waals surface area contributed by atoms with Gasteiger partial charge in [-0.2, -0.15) is 0 Å². The molecule has 0 fully saturated rings. The first-order valence-corrected chi connectivity index (χ1v) is 11.9. The van der Waals surface area contributed by atoms with E-state index in [1.54, 1.807) is 0 Å². The van der Waals surface area contributed by atoms with Crippen LogP contribution < -0.4 is 4.74 Å². The third-order valence-corrected chi connectivity index (χ3v) is 5.73. The van der Waals surface area contributed by atoms with Gasteiger partial charge in [0.25, 0.3) is 0 Å². The molecule has 3 aromatic rings. The number of carboxylic acid groups (broad SMARTS) is 3. The standard InChI is InChI=1S/C29H24O12/c1-29(2,39)24(31)15-3-7-18(8-4-15)40-11-12-41-28(38)20-10-6-17(14-22(20)27(36)37)23(30)16-5-9-19(25(32)33)21(13-16)26(34)35/h3-10,13-14,39H,11-12H2,1-2H3,(H,32,33)(H,34,35)(H,36,37). The number of carbonyl (C=O) groups excluding carboxylic acids is 3. The molecule has 12 nitrogen and oxygen atoms in total. The summed E-state index contributed by atoms with van der Waals surface area (Å²) in [6, 6.07) is 12.0. The summed E-state index contributed by atoms with van der Waals surface area (Å²) in [7, 11) is 0. The summed E-state index contributed by atoms with van der Waals surface area (Å²) in [6.45, 7) is 2.36. The van der Waals surface area contributed by atoms with Crippen LogP contribution in [0.1, 0.15) is 81.6 Å². The highest BCUT2D eigenvalue weighted by molar-refractivity contribution is 6.13. The number of ketones is 2. The second-order valence-corrected chi connectivity index (χ2v) is 9.16. The van der Waals surface area contributed by atoms with E-state index in [0.29, 0.717) is 5.75 Å². The van der Waals surface area contributed by atoms with Gasteiger partial charge in [0.1, 0.15) is 24.6 Å². The van der Waals surface area contributed by atoms with E-state index < -0.39 is 57.7 Å². The van der Waals surface area contributed by atoms with Crippen LogP contribution in [0.5, 0.6) is 5.75 Å². The molecule has 12 heteroatoms. The Kier molecular flexibility index (Phi) is 9.00. The van der Waals surface area contributed by atoms with Crippen molar-refractivity contribution in [1.82, 2.24) is 0 Å². The predicted molar refractivity (Wildman–Crippen MR) is 140 cm³/mol. The quantitative estimate of drug-likeness (QED) is 0.142. The minimum Gasteiger partial charge on any atom is -0.490 e. The lowest BCUT2D eigenvalue weighted by molar-refractivity contribution is 0.0441. The van der Waals surface area contributed by atoms with Gasteiger partial charge < -0.3 is 29.9 Å². The van der Waals surface area contributed by atoms with Crippen molar-refractivity contribution in [1.29, 1.82) is 0 Å². The van der Waals surface area contributed by atoms with Crippen molar-refractivity contribution in [2.45, 2.75) is 19.4 Å². The third-order valence-electron chi connectivity index (χ3n) is 5.73. The number of esters is 1. The number of aromatic carboxylic acids is 3. The van der Waals surface area contributed by atoms with Crippen LogP contribution >= 0.6 is 0 Å². The molecule has 0 saturated heterocycles. The van der Waals surface area contributed by atoms with Crippen LogP contribution in [0, 0.1) is 0 Å². The first kappa shape index (κ1) is 30.2. The van der Waals surface area contributed by atoms with E-state index >= 15 is 0 Å². The van der Waals surface area contributed by atoms with Gasteiger partial charge in [0.2, 0.25) is 0 Å². The maximum absolute atomic E-state index is 12.9. The maximum atomic E-state index is 12.9. The Bertz CT molecular complexity index is 1540. The Morgan fingerprint density at radius 2 is 1.10 bits per heavy atom. The lowest BCUT2D eigenvalue weighted by Crippen LogP contribution is -2.30. The summed E-state index contributed by atoms with van der Waals surface area (Å²) in [5.74, 6) is -6.52. The lowest BCUT2D eigenvalue weighted by Gasteiger charge is -2.15. The number of aliphatic hydroxyl groups is 1. The van der Waals surface area contributed by atoms with Crippen molar-refractivity contribution >= 4 is 35.4 Å². The maximum Gasteiger partial charge on any atom is 0.339 e. The average Bonchev–Trinajstić information content (AvgIpc) is 2.93. The zero-order valence-electron chi connectivity index (χ0n) is 21.7. The summed E-state index contributed by atoms with van der Waals surface area (Å²) >= 11 is 0. The molecule has 41 heavy (non-hydrogen) atoms. The molecule has 0 radical (unpaired) electrons. The normalized spacial score (nSPS) is 10.9. The third kappa shape index (κ3) is 7.19. The Hall–Kier alpha value is -5.36. The van der Waals surface area contributed by atoms with Gasteiger partial charge in [-0.25, -0.2) is 19.2 Å². The minimum absolute atomic E-state index is 0.109. The number of hydrogen-bond donors (Lipinski definition) is 4. The van der Waals surface area contributed by atoms with Crippen LogP contribution in [-0.2, 0) is 4.74 Å². The smallest absolute Gasteiger partial charge is 0.339 e. The highest BCUT2D eigenvalue weighted by Gasteiger charge is 2.25. The van der Waals surface area contributed by atoms with Gasteiger partial charge in [-0.1, -0.05) is 12.1 Å². The van der Waals surface area contributed by atoms with Gasteiger partial charge in [-0.3, -0.25) is 9.59 Å². The lowest BCUT2D eigenvalue weighted by atomic mass is 9.95. The Morgan fingerprint density at radius 1 is 0.634 bits per heavy atom. The molecule has 0 bridgehead atoms. The summed E-state index contributed by atoms with van der Waals surface area (Å²) in [6.07, 6.45) is 0. The second kappa shape index (κ2) is 12.2. The van der Waals surface area contributed by atoms with Gasteiger partial charge in [-0.05, 0) is 62.4 Å². The molecular weight excluding hydrogens is 540 g/mol. The van der Waals surface area contributed by atoms with E-state index in [2.05, 4.69) is 0 Å². The number of hydrogen-bond acceptors (Lipinski definition) is 9. The SMILES string of the molecule is CC(C)(O)C(=O)c1ccc(OCCOC(=O)c2ccc(C(=O)c3ccc(C(=O)O)c(C(=O)O)c3)cc2C(=O)O)cc1. The highest BCUT2D eigenvalue weighted by Crippen LogP contribution is 2.21. The number of carboxylic acids is 3. The molecule has 0 amide bonds. The Labute approximate surface area is 232 Å². The van der Waals surface area contributed by atoms with E-state index in [0.717, 1.165) is 36.4 Å². The molecule has 3 rings (SSSR count). The van der Waals surface area contributed by atoms with Crippen molar-refractivity contribution in [2.75, 3.05) is 13.2 Å². The fourth-order valence-electron chi connectivity index (χ4n) is 3.68. The summed E-state index contributed by atoms with van der Waals surface area (Å²) in [5, 5.41) is 37.8. The largest absolute Gasteiger partial charge is 0.490 e. The van der Waals surface area contributed by atoms with Crippen molar-refractivity contribution in [3.8, 4) is 5.75 Å². The number of ether oxygens (including phenoxy) is 2. The Balaban J connectivity index is 1.69. The fraction of sp³-hybridized carbons (Fsp3) is 0.172. The van der Waals surface area contributed by atoms with Crippen molar-refractivity contribution in [3.05, 3.63) is 99.6 Å². The van der Waals surface area contributed by atoms with Crippen LogP contribution in [-0.4, -0.2) is 74.7 Å².